The second-order valence-corrected chi connectivity index (χ2v) is 7.66. The van der Waals surface area contributed by atoms with Crippen LogP contribution in [0.1, 0.15) is 24.8 Å². The average Bonchev–Trinajstić information content (AvgIpc) is 3.35. The monoisotopic (exact) mass is 420 g/mol. The normalized spacial score (nSPS) is 14.2. The molecule has 3 aromatic rings. The summed E-state index contributed by atoms with van der Waals surface area (Å²) in [6.45, 7) is 1.88. The van der Waals surface area contributed by atoms with Crippen molar-refractivity contribution in [2.45, 2.75) is 31.8 Å². The highest BCUT2D eigenvalue weighted by molar-refractivity contribution is 5.93. The molecule has 31 heavy (non-hydrogen) atoms. The smallest absolute Gasteiger partial charge is 0.224 e. The lowest BCUT2D eigenvalue weighted by Crippen LogP contribution is -2.34. The minimum atomic E-state index is -0.0472. The largest absolute Gasteiger partial charge is 0.497 e. The number of piperidine rings is 1. The van der Waals surface area contributed by atoms with E-state index >= 15 is 0 Å². The number of amides is 1. The number of ether oxygens (including phenoxy) is 2. The molecular formula is C24H28N4O3. The summed E-state index contributed by atoms with van der Waals surface area (Å²) in [5.41, 5.74) is 3.73. The van der Waals surface area contributed by atoms with Gasteiger partial charge in [0.2, 0.25) is 5.91 Å². The SMILES string of the molecule is COc1cccc(CCC(=O)Nc2ccc(-c3cn[nH]c3)cc2OC2CCNCC2)c1. The van der Waals surface area contributed by atoms with Gasteiger partial charge in [0.15, 0.2) is 0 Å². The number of carbonyl (C=O) groups is 1. The van der Waals surface area contributed by atoms with Gasteiger partial charge in [-0.2, -0.15) is 5.10 Å². The molecule has 1 aliphatic heterocycles. The van der Waals surface area contributed by atoms with Gasteiger partial charge in [-0.15, -0.1) is 0 Å². The first kappa shape index (κ1) is 20.9. The Morgan fingerprint density at radius 2 is 2.03 bits per heavy atom. The number of benzene rings is 2. The van der Waals surface area contributed by atoms with E-state index in [0.29, 0.717) is 24.3 Å². The summed E-state index contributed by atoms with van der Waals surface area (Å²) in [5.74, 6) is 1.44. The molecule has 0 unspecified atom stereocenters. The third kappa shape index (κ3) is 5.64. The molecule has 1 fully saturated rings. The Morgan fingerprint density at radius 3 is 2.81 bits per heavy atom. The number of hydrogen-bond donors (Lipinski definition) is 3. The van der Waals surface area contributed by atoms with E-state index in [1.165, 1.54) is 0 Å². The number of nitrogens with zero attached hydrogens (tertiary/aromatic N) is 1. The molecule has 1 aromatic heterocycles. The second kappa shape index (κ2) is 10.1. The van der Waals surface area contributed by atoms with Gasteiger partial charge in [0.25, 0.3) is 0 Å². The average molecular weight is 421 g/mol. The number of aryl methyl sites for hydroxylation is 1. The predicted molar refractivity (Wildman–Crippen MR) is 120 cm³/mol. The van der Waals surface area contributed by atoms with Crippen LogP contribution in [0.3, 0.4) is 0 Å². The zero-order chi connectivity index (χ0) is 21.5. The summed E-state index contributed by atoms with van der Waals surface area (Å²) in [5, 5.41) is 13.3. The molecule has 0 saturated carbocycles. The Hall–Kier alpha value is -3.32. The second-order valence-electron chi connectivity index (χ2n) is 7.66. The van der Waals surface area contributed by atoms with Crippen LogP contribution in [0.15, 0.2) is 54.9 Å². The van der Waals surface area contributed by atoms with Crippen LogP contribution < -0.4 is 20.1 Å². The minimum Gasteiger partial charge on any atom is -0.497 e. The molecule has 1 saturated heterocycles. The van der Waals surface area contributed by atoms with Crippen molar-refractivity contribution in [1.29, 1.82) is 0 Å². The zero-order valence-electron chi connectivity index (χ0n) is 17.7. The third-order valence-electron chi connectivity index (χ3n) is 5.44. The van der Waals surface area contributed by atoms with Gasteiger partial charge < -0.3 is 20.1 Å². The predicted octanol–water partition coefficient (Wildman–Crippen LogP) is 3.79. The van der Waals surface area contributed by atoms with Gasteiger partial charge >= 0.3 is 0 Å². The van der Waals surface area contributed by atoms with Crippen LogP contribution in [-0.2, 0) is 11.2 Å². The maximum absolute atomic E-state index is 12.7. The van der Waals surface area contributed by atoms with Crippen LogP contribution in [-0.4, -0.2) is 42.4 Å². The highest BCUT2D eigenvalue weighted by atomic mass is 16.5. The van der Waals surface area contributed by atoms with Crippen LogP contribution in [0.25, 0.3) is 11.1 Å². The molecule has 162 valence electrons. The number of rotatable bonds is 8. The molecule has 0 atom stereocenters. The van der Waals surface area contributed by atoms with Crippen molar-refractivity contribution in [2.75, 3.05) is 25.5 Å². The van der Waals surface area contributed by atoms with Crippen molar-refractivity contribution in [3.8, 4) is 22.6 Å². The highest BCUT2D eigenvalue weighted by Gasteiger charge is 2.18. The van der Waals surface area contributed by atoms with Crippen molar-refractivity contribution in [2.24, 2.45) is 0 Å². The fraction of sp³-hybridized carbons (Fsp3) is 0.333. The van der Waals surface area contributed by atoms with Crippen LogP contribution in [0, 0.1) is 0 Å². The van der Waals surface area contributed by atoms with E-state index in [4.69, 9.17) is 9.47 Å². The van der Waals surface area contributed by atoms with Gasteiger partial charge in [0, 0.05) is 18.2 Å². The van der Waals surface area contributed by atoms with E-state index in [1.807, 2.05) is 48.7 Å². The van der Waals surface area contributed by atoms with Crippen LogP contribution in [0.5, 0.6) is 11.5 Å². The van der Waals surface area contributed by atoms with Crippen LogP contribution >= 0.6 is 0 Å². The standard InChI is InChI=1S/C24H28N4O3/c1-30-21-4-2-3-17(13-21)5-8-24(29)28-22-7-6-18(19-15-26-27-16-19)14-23(22)31-20-9-11-25-12-10-20/h2-4,6-7,13-16,20,25H,5,8-12H2,1H3,(H,26,27)(H,28,29). The summed E-state index contributed by atoms with van der Waals surface area (Å²) >= 11 is 0. The summed E-state index contributed by atoms with van der Waals surface area (Å²) in [7, 11) is 1.64. The van der Waals surface area contributed by atoms with Gasteiger partial charge in [0.1, 0.15) is 17.6 Å². The summed E-state index contributed by atoms with van der Waals surface area (Å²) in [6.07, 6.45) is 6.65. The lowest BCUT2D eigenvalue weighted by molar-refractivity contribution is -0.116. The van der Waals surface area contributed by atoms with E-state index in [-0.39, 0.29) is 12.0 Å². The first-order valence-electron chi connectivity index (χ1n) is 10.6. The Morgan fingerprint density at radius 1 is 1.16 bits per heavy atom. The van der Waals surface area contributed by atoms with Gasteiger partial charge in [-0.3, -0.25) is 9.89 Å². The first-order valence-corrected chi connectivity index (χ1v) is 10.6. The number of methoxy groups -OCH3 is 1. The lowest BCUT2D eigenvalue weighted by atomic mass is 10.1. The molecule has 0 spiro atoms. The number of hydrogen-bond acceptors (Lipinski definition) is 5. The van der Waals surface area contributed by atoms with Crippen molar-refractivity contribution >= 4 is 11.6 Å². The summed E-state index contributed by atoms with van der Waals surface area (Å²) < 4.78 is 11.6. The molecule has 0 radical (unpaired) electrons. The Labute approximate surface area is 182 Å². The Kier molecular flexibility index (Phi) is 6.84. The molecule has 1 aliphatic rings. The molecule has 2 heterocycles. The molecule has 7 heteroatoms. The number of aromatic nitrogens is 2. The topological polar surface area (TPSA) is 88.3 Å². The van der Waals surface area contributed by atoms with E-state index in [2.05, 4.69) is 20.8 Å². The molecule has 0 aliphatic carbocycles. The molecule has 0 bridgehead atoms. The number of carbonyl (C=O) groups excluding carboxylic acids is 1. The van der Waals surface area contributed by atoms with Crippen LogP contribution in [0.4, 0.5) is 5.69 Å². The Bertz CT molecular complexity index is 998. The summed E-state index contributed by atoms with van der Waals surface area (Å²) in [6, 6.07) is 13.6. The highest BCUT2D eigenvalue weighted by Crippen LogP contribution is 2.32. The fourth-order valence-corrected chi connectivity index (χ4v) is 3.70. The van der Waals surface area contributed by atoms with Crippen LogP contribution in [0.2, 0.25) is 0 Å². The maximum atomic E-state index is 12.7. The quantitative estimate of drug-likeness (QED) is 0.516. The fourth-order valence-electron chi connectivity index (χ4n) is 3.70. The Balaban J connectivity index is 1.46. The van der Waals surface area contributed by atoms with Gasteiger partial charge in [-0.25, -0.2) is 0 Å². The minimum absolute atomic E-state index is 0.0472. The van der Waals surface area contributed by atoms with Crippen molar-refractivity contribution in [1.82, 2.24) is 15.5 Å². The molecule has 1 amide bonds. The van der Waals surface area contributed by atoms with Gasteiger partial charge in [-0.05, 0) is 67.7 Å². The number of aromatic amines is 1. The van der Waals surface area contributed by atoms with E-state index in [9.17, 15) is 4.79 Å². The molecular weight excluding hydrogens is 392 g/mol. The number of nitrogens with one attached hydrogen (secondary N) is 3. The van der Waals surface area contributed by atoms with Crippen molar-refractivity contribution < 1.29 is 14.3 Å². The zero-order valence-corrected chi connectivity index (χ0v) is 17.7. The molecule has 3 N–H and O–H groups in total. The first-order chi connectivity index (χ1) is 15.2. The molecule has 7 nitrogen and oxygen atoms in total. The van der Waals surface area contributed by atoms with E-state index in [1.54, 1.807) is 13.3 Å². The molecule has 4 rings (SSSR count). The number of H-pyrrole nitrogens is 1. The maximum Gasteiger partial charge on any atom is 0.224 e. The van der Waals surface area contributed by atoms with Crippen molar-refractivity contribution in [3.63, 3.8) is 0 Å². The number of anilines is 1. The third-order valence-corrected chi connectivity index (χ3v) is 5.44. The lowest BCUT2D eigenvalue weighted by Gasteiger charge is -2.25. The summed E-state index contributed by atoms with van der Waals surface area (Å²) in [4.78, 5) is 12.7. The van der Waals surface area contributed by atoms with Crippen molar-refractivity contribution in [3.05, 3.63) is 60.4 Å². The molecule has 2 aromatic carbocycles. The van der Waals surface area contributed by atoms with Gasteiger partial charge in [-0.1, -0.05) is 18.2 Å². The van der Waals surface area contributed by atoms with E-state index < -0.39 is 0 Å². The van der Waals surface area contributed by atoms with E-state index in [0.717, 1.165) is 48.4 Å². The van der Waals surface area contributed by atoms with Gasteiger partial charge in [0.05, 0.1) is 19.0 Å².